The zero-order valence-electron chi connectivity index (χ0n) is 9.74. The van der Waals surface area contributed by atoms with E-state index < -0.39 is 0 Å². The number of nitrogens with zero attached hydrogens (tertiary/aromatic N) is 3. The minimum Gasteiger partial charge on any atom is -0.360 e. The van der Waals surface area contributed by atoms with Crippen molar-refractivity contribution in [2.24, 2.45) is 0 Å². The predicted octanol–water partition coefficient (Wildman–Crippen LogP) is 2.56. The predicted molar refractivity (Wildman–Crippen MR) is 70.6 cm³/mol. The SMILES string of the molecule is CCN1CCCC1CNc1nc(Cl)c(C#N)s1. The summed E-state index contributed by atoms with van der Waals surface area (Å²) in [5.74, 6) is 0. The van der Waals surface area contributed by atoms with Crippen LogP contribution in [-0.4, -0.2) is 35.6 Å². The monoisotopic (exact) mass is 270 g/mol. The van der Waals surface area contributed by atoms with Gasteiger partial charge < -0.3 is 5.32 Å². The summed E-state index contributed by atoms with van der Waals surface area (Å²) in [7, 11) is 0. The van der Waals surface area contributed by atoms with E-state index in [9.17, 15) is 0 Å². The number of rotatable bonds is 4. The molecule has 1 aliphatic rings. The summed E-state index contributed by atoms with van der Waals surface area (Å²) in [6, 6.07) is 2.61. The zero-order valence-corrected chi connectivity index (χ0v) is 11.3. The number of aromatic nitrogens is 1. The van der Waals surface area contributed by atoms with Crippen LogP contribution in [0.3, 0.4) is 0 Å². The Morgan fingerprint density at radius 3 is 3.18 bits per heavy atom. The fraction of sp³-hybridized carbons (Fsp3) is 0.636. The van der Waals surface area contributed by atoms with E-state index in [0.29, 0.717) is 16.1 Å². The van der Waals surface area contributed by atoms with Gasteiger partial charge in [-0.2, -0.15) is 5.26 Å². The highest BCUT2D eigenvalue weighted by molar-refractivity contribution is 7.16. The molecule has 1 fully saturated rings. The van der Waals surface area contributed by atoms with Crippen LogP contribution in [0.5, 0.6) is 0 Å². The number of likely N-dealkylation sites (N-methyl/N-ethyl adjacent to an activating group) is 1. The minimum absolute atomic E-state index is 0.304. The van der Waals surface area contributed by atoms with E-state index in [-0.39, 0.29) is 0 Å². The van der Waals surface area contributed by atoms with Crippen LogP contribution in [0.15, 0.2) is 0 Å². The number of likely N-dealkylation sites (tertiary alicyclic amines) is 1. The summed E-state index contributed by atoms with van der Waals surface area (Å²) in [6.45, 7) is 5.34. The van der Waals surface area contributed by atoms with Crippen LogP contribution in [0.4, 0.5) is 5.13 Å². The van der Waals surface area contributed by atoms with E-state index in [1.54, 1.807) is 0 Å². The highest BCUT2D eigenvalue weighted by atomic mass is 35.5. The molecule has 2 rings (SSSR count). The van der Waals surface area contributed by atoms with E-state index in [4.69, 9.17) is 16.9 Å². The lowest BCUT2D eigenvalue weighted by atomic mass is 10.2. The molecule has 0 bridgehead atoms. The Kier molecular flexibility index (Phi) is 4.21. The van der Waals surface area contributed by atoms with Gasteiger partial charge in [-0.15, -0.1) is 0 Å². The van der Waals surface area contributed by atoms with E-state index in [0.717, 1.165) is 18.2 Å². The molecule has 17 heavy (non-hydrogen) atoms. The number of halogens is 1. The van der Waals surface area contributed by atoms with Crippen LogP contribution < -0.4 is 5.32 Å². The molecule has 0 saturated carbocycles. The van der Waals surface area contributed by atoms with Crippen molar-refractivity contribution in [2.45, 2.75) is 25.8 Å². The van der Waals surface area contributed by atoms with Gasteiger partial charge in [0.05, 0.1) is 0 Å². The quantitative estimate of drug-likeness (QED) is 0.914. The van der Waals surface area contributed by atoms with Gasteiger partial charge in [-0.1, -0.05) is 29.9 Å². The molecule has 2 heterocycles. The molecular formula is C11H15ClN4S. The molecule has 1 aromatic heterocycles. The molecule has 92 valence electrons. The summed E-state index contributed by atoms with van der Waals surface area (Å²) >= 11 is 7.14. The summed E-state index contributed by atoms with van der Waals surface area (Å²) in [5, 5.41) is 13.1. The first-order chi connectivity index (χ1) is 8.24. The third-order valence-electron chi connectivity index (χ3n) is 3.08. The van der Waals surface area contributed by atoms with Crippen molar-refractivity contribution < 1.29 is 0 Å². The van der Waals surface area contributed by atoms with E-state index in [2.05, 4.69) is 22.1 Å². The van der Waals surface area contributed by atoms with Gasteiger partial charge in [0.1, 0.15) is 10.9 Å². The van der Waals surface area contributed by atoms with Crippen molar-refractivity contribution >= 4 is 28.1 Å². The molecule has 0 amide bonds. The van der Waals surface area contributed by atoms with Crippen molar-refractivity contribution in [1.29, 1.82) is 5.26 Å². The molecule has 1 N–H and O–H groups in total. The molecular weight excluding hydrogens is 256 g/mol. The van der Waals surface area contributed by atoms with Crippen LogP contribution in [-0.2, 0) is 0 Å². The van der Waals surface area contributed by atoms with Gasteiger partial charge in [0.25, 0.3) is 0 Å². The van der Waals surface area contributed by atoms with Crippen molar-refractivity contribution in [2.75, 3.05) is 25.0 Å². The van der Waals surface area contributed by atoms with Gasteiger partial charge in [0, 0.05) is 12.6 Å². The molecule has 1 aromatic rings. The fourth-order valence-electron chi connectivity index (χ4n) is 2.19. The van der Waals surface area contributed by atoms with Gasteiger partial charge in [-0.3, -0.25) is 4.90 Å². The number of thiazole rings is 1. The first-order valence-electron chi connectivity index (χ1n) is 5.79. The summed E-state index contributed by atoms with van der Waals surface area (Å²) < 4.78 is 0. The Hall–Kier alpha value is -0.830. The molecule has 1 atom stereocenters. The average molecular weight is 271 g/mol. The molecule has 6 heteroatoms. The number of nitriles is 1. The molecule has 0 aliphatic carbocycles. The van der Waals surface area contributed by atoms with Crippen LogP contribution in [0.2, 0.25) is 5.15 Å². The highest BCUT2D eigenvalue weighted by Crippen LogP contribution is 2.26. The minimum atomic E-state index is 0.304. The van der Waals surface area contributed by atoms with E-state index in [1.807, 2.05) is 6.07 Å². The third-order valence-corrected chi connectivity index (χ3v) is 4.38. The number of nitrogens with one attached hydrogen (secondary N) is 1. The Morgan fingerprint density at radius 1 is 1.71 bits per heavy atom. The number of hydrogen-bond donors (Lipinski definition) is 1. The maximum Gasteiger partial charge on any atom is 0.185 e. The van der Waals surface area contributed by atoms with E-state index in [1.165, 1.54) is 30.7 Å². The Morgan fingerprint density at radius 2 is 2.53 bits per heavy atom. The second kappa shape index (κ2) is 5.67. The largest absolute Gasteiger partial charge is 0.360 e. The Balaban J connectivity index is 1.91. The Bertz CT molecular complexity index is 426. The standard InChI is InChI=1S/C11H15ClN4S/c1-2-16-5-3-4-8(16)7-14-11-15-10(12)9(6-13)17-11/h8H,2-5,7H2,1H3,(H,14,15). The van der Waals surface area contributed by atoms with Crippen molar-refractivity contribution in [3.05, 3.63) is 10.0 Å². The highest BCUT2D eigenvalue weighted by Gasteiger charge is 2.22. The molecule has 0 spiro atoms. The van der Waals surface area contributed by atoms with Gasteiger partial charge in [-0.25, -0.2) is 4.98 Å². The molecule has 1 saturated heterocycles. The lowest BCUT2D eigenvalue weighted by Crippen LogP contribution is -2.34. The van der Waals surface area contributed by atoms with Gasteiger partial charge >= 0.3 is 0 Å². The summed E-state index contributed by atoms with van der Waals surface area (Å²) in [6.07, 6.45) is 2.49. The van der Waals surface area contributed by atoms with Crippen molar-refractivity contribution in [3.8, 4) is 6.07 Å². The number of anilines is 1. The summed E-state index contributed by atoms with van der Waals surface area (Å²) in [4.78, 5) is 7.07. The maximum absolute atomic E-state index is 8.79. The average Bonchev–Trinajstić information content (AvgIpc) is 2.92. The van der Waals surface area contributed by atoms with Gasteiger partial charge in [0.2, 0.25) is 0 Å². The second-order valence-electron chi connectivity index (χ2n) is 4.06. The molecule has 4 nitrogen and oxygen atoms in total. The first kappa shape index (κ1) is 12.6. The van der Waals surface area contributed by atoms with E-state index >= 15 is 0 Å². The molecule has 0 aromatic carbocycles. The van der Waals surface area contributed by atoms with Crippen LogP contribution >= 0.6 is 22.9 Å². The topological polar surface area (TPSA) is 52.0 Å². The molecule has 1 unspecified atom stereocenters. The summed E-state index contributed by atoms with van der Waals surface area (Å²) in [5.41, 5.74) is 0. The first-order valence-corrected chi connectivity index (χ1v) is 6.98. The zero-order chi connectivity index (χ0) is 12.3. The van der Waals surface area contributed by atoms with Gasteiger partial charge in [-0.05, 0) is 25.9 Å². The second-order valence-corrected chi connectivity index (χ2v) is 5.41. The Labute approximate surface area is 110 Å². The molecule has 1 aliphatic heterocycles. The normalized spacial score (nSPS) is 20.4. The van der Waals surface area contributed by atoms with Crippen LogP contribution in [0.1, 0.15) is 24.6 Å². The third kappa shape index (κ3) is 2.89. The lowest BCUT2D eigenvalue weighted by Gasteiger charge is -2.22. The van der Waals surface area contributed by atoms with Gasteiger partial charge in [0.15, 0.2) is 10.3 Å². The van der Waals surface area contributed by atoms with Crippen molar-refractivity contribution in [3.63, 3.8) is 0 Å². The number of hydrogen-bond acceptors (Lipinski definition) is 5. The van der Waals surface area contributed by atoms with Crippen LogP contribution in [0, 0.1) is 11.3 Å². The van der Waals surface area contributed by atoms with Crippen molar-refractivity contribution in [1.82, 2.24) is 9.88 Å². The molecule has 0 radical (unpaired) electrons. The maximum atomic E-state index is 8.79. The van der Waals surface area contributed by atoms with Crippen LogP contribution in [0.25, 0.3) is 0 Å². The lowest BCUT2D eigenvalue weighted by molar-refractivity contribution is 0.277. The smallest absolute Gasteiger partial charge is 0.185 e. The fourth-order valence-corrected chi connectivity index (χ4v) is 3.15.